The fraction of sp³-hybridized carbons (Fsp3) is 0. The Morgan fingerprint density at radius 1 is 1.33 bits per heavy atom. The number of aromatic nitrogens is 1. The Labute approximate surface area is 123 Å². The SMILES string of the molecule is O=C(C=Cc1nccs1)NS(=O)(=O)c1ccc(F)cc1F. The van der Waals surface area contributed by atoms with Crippen LogP contribution in [-0.4, -0.2) is 19.3 Å². The standard InChI is InChI=1S/C12H8F2N2O3S2/c13-8-1-2-10(9(14)7-8)21(18,19)16-11(17)3-4-12-15-5-6-20-12/h1-7H,(H,16,17). The maximum Gasteiger partial charge on any atom is 0.267 e. The molecule has 0 spiro atoms. The van der Waals surface area contributed by atoms with Crippen LogP contribution in [0.25, 0.3) is 6.08 Å². The third-order valence-corrected chi connectivity index (χ3v) is 4.37. The molecule has 0 atom stereocenters. The monoisotopic (exact) mass is 330 g/mol. The molecule has 0 unspecified atom stereocenters. The van der Waals surface area contributed by atoms with E-state index in [1.54, 1.807) is 10.1 Å². The second-order valence-electron chi connectivity index (χ2n) is 3.75. The molecular weight excluding hydrogens is 322 g/mol. The average Bonchev–Trinajstić information content (AvgIpc) is 2.88. The molecule has 1 heterocycles. The summed E-state index contributed by atoms with van der Waals surface area (Å²) in [7, 11) is -4.41. The summed E-state index contributed by atoms with van der Waals surface area (Å²) in [5.74, 6) is -3.16. The smallest absolute Gasteiger partial charge is 0.267 e. The van der Waals surface area contributed by atoms with E-state index in [1.165, 1.54) is 23.6 Å². The third kappa shape index (κ3) is 3.92. The molecular formula is C12H8F2N2O3S2. The Bertz CT molecular complexity index is 787. The predicted octanol–water partition coefficient (Wildman–Crippen LogP) is 1.94. The van der Waals surface area contributed by atoms with Gasteiger partial charge in [-0.3, -0.25) is 4.79 Å². The molecule has 1 N–H and O–H groups in total. The number of carbonyl (C=O) groups is 1. The number of nitrogens with zero attached hydrogens (tertiary/aromatic N) is 1. The minimum Gasteiger partial charge on any atom is -0.269 e. The lowest BCUT2D eigenvalue weighted by Gasteiger charge is -2.05. The van der Waals surface area contributed by atoms with Crippen molar-refractivity contribution >= 4 is 33.3 Å². The molecule has 9 heteroatoms. The fourth-order valence-corrected chi connectivity index (χ4v) is 2.91. The Morgan fingerprint density at radius 3 is 2.71 bits per heavy atom. The van der Waals surface area contributed by atoms with Crippen LogP contribution < -0.4 is 4.72 Å². The van der Waals surface area contributed by atoms with Gasteiger partial charge in [0.25, 0.3) is 15.9 Å². The summed E-state index contributed by atoms with van der Waals surface area (Å²) < 4.78 is 51.4. The van der Waals surface area contributed by atoms with Crippen LogP contribution in [0, 0.1) is 11.6 Å². The number of hydrogen-bond donors (Lipinski definition) is 1. The highest BCUT2D eigenvalue weighted by Crippen LogP contribution is 2.15. The van der Waals surface area contributed by atoms with E-state index in [2.05, 4.69) is 4.98 Å². The van der Waals surface area contributed by atoms with E-state index in [1.807, 2.05) is 0 Å². The molecule has 1 amide bonds. The number of benzene rings is 1. The van der Waals surface area contributed by atoms with Gasteiger partial charge in [-0.2, -0.15) is 0 Å². The van der Waals surface area contributed by atoms with Crippen molar-refractivity contribution in [1.29, 1.82) is 0 Å². The van der Waals surface area contributed by atoms with Crippen LogP contribution in [0.2, 0.25) is 0 Å². The quantitative estimate of drug-likeness (QED) is 0.869. The fourth-order valence-electron chi connectivity index (χ4n) is 1.38. The maximum atomic E-state index is 13.4. The van der Waals surface area contributed by atoms with Gasteiger partial charge in [0.15, 0.2) is 0 Å². The van der Waals surface area contributed by atoms with Crippen molar-refractivity contribution in [2.24, 2.45) is 0 Å². The molecule has 110 valence electrons. The van der Waals surface area contributed by atoms with Crippen LogP contribution in [0.15, 0.2) is 40.7 Å². The summed E-state index contributed by atoms with van der Waals surface area (Å²) in [6.07, 6.45) is 3.79. The first kappa shape index (κ1) is 15.3. The first-order chi connectivity index (χ1) is 9.88. The minimum atomic E-state index is -4.41. The van der Waals surface area contributed by atoms with Gasteiger partial charge in [0.2, 0.25) is 0 Å². The zero-order valence-electron chi connectivity index (χ0n) is 10.3. The summed E-state index contributed by atoms with van der Waals surface area (Å²) in [6.45, 7) is 0. The number of rotatable bonds is 4. The molecule has 0 saturated heterocycles. The summed E-state index contributed by atoms with van der Waals surface area (Å²) in [6, 6.07) is 1.95. The van der Waals surface area contributed by atoms with Gasteiger partial charge >= 0.3 is 0 Å². The molecule has 1 aromatic carbocycles. The molecule has 1 aromatic heterocycles. The Hall–Kier alpha value is -2.13. The maximum absolute atomic E-state index is 13.4. The molecule has 0 aliphatic rings. The van der Waals surface area contributed by atoms with Gasteiger partial charge in [-0.05, 0) is 18.2 Å². The molecule has 0 aliphatic heterocycles. The van der Waals surface area contributed by atoms with Gasteiger partial charge in [0.05, 0.1) is 0 Å². The van der Waals surface area contributed by atoms with Crippen LogP contribution >= 0.6 is 11.3 Å². The zero-order valence-corrected chi connectivity index (χ0v) is 11.9. The number of amides is 1. The highest BCUT2D eigenvalue weighted by atomic mass is 32.2. The van der Waals surface area contributed by atoms with Gasteiger partial charge in [-0.15, -0.1) is 11.3 Å². The highest BCUT2D eigenvalue weighted by Gasteiger charge is 2.21. The number of nitrogens with one attached hydrogen (secondary N) is 1. The van der Waals surface area contributed by atoms with Crippen LogP contribution in [0.5, 0.6) is 0 Å². The molecule has 2 aromatic rings. The summed E-state index contributed by atoms with van der Waals surface area (Å²) in [5.41, 5.74) is 0. The second-order valence-corrected chi connectivity index (χ2v) is 6.33. The van der Waals surface area contributed by atoms with Crippen LogP contribution in [0.4, 0.5) is 8.78 Å². The van der Waals surface area contributed by atoms with E-state index in [4.69, 9.17) is 0 Å². The Morgan fingerprint density at radius 2 is 2.10 bits per heavy atom. The van der Waals surface area contributed by atoms with Gasteiger partial charge in [0, 0.05) is 23.7 Å². The van der Waals surface area contributed by atoms with Crippen molar-refractivity contribution in [3.63, 3.8) is 0 Å². The van der Waals surface area contributed by atoms with E-state index in [9.17, 15) is 22.0 Å². The number of carbonyl (C=O) groups excluding carboxylic acids is 1. The summed E-state index contributed by atoms with van der Waals surface area (Å²) in [5, 5.41) is 2.19. The van der Waals surface area contributed by atoms with Gasteiger partial charge in [-0.25, -0.2) is 26.9 Å². The lowest BCUT2D eigenvalue weighted by Crippen LogP contribution is -2.29. The number of sulfonamides is 1. The summed E-state index contributed by atoms with van der Waals surface area (Å²) in [4.78, 5) is 14.6. The molecule has 5 nitrogen and oxygen atoms in total. The number of hydrogen-bond acceptors (Lipinski definition) is 5. The van der Waals surface area contributed by atoms with E-state index >= 15 is 0 Å². The minimum absolute atomic E-state index is 0.421. The third-order valence-electron chi connectivity index (χ3n) is 2.25. The molecule has 0 aliphatic carbocycles. The van der Waals surface area contributed by atoms with Gasteiger partial charge in [-0.1, -0.05) is 0 Å². The predicted molar refractivity (Wildman–Crippen MR) is 72.8 cm³/mol. The van der Waals surface area contributed by atoms with E-state index in [0.29, 0.717) is 11.1 Å². The lowest BCUT2D eigenvalue weighted by atomic mass is 10.3. The van der Waals surface area contributed by atoms with Crippen molar-refractivity contribution in [3.05, 3.63) is 52.5 Å². The highest BCUT2D eigenvalue weighted by molar-refractivity contribution is 7.90. The molecule has 2 rings (SSSR count). The van der Waals surface area contributed by atoms with Crippen LogP contribution in [-0.2, 0) is 14.8 Å². The van der Waals surface area contributed by atoms with E-state index in [0.717, 1.165) is 18.2 Å². The topological polar surface area (TPSA) is 76.1 Å². The van der Waals surface area contributed by atoms with Crippen molar-refractivity contribution in [1.82, 2.24) is 9.71 Å². The lowest BCUT2D eigenvalue weighted by molar-refractivity contribution is -0.114. The molecule has 0 radical (unpaired) electrons. The van der Waals surface area contributed by atoms with Crippen molar-refractivity contribution in [2.45, 2.75) is 4.90 Å². The Balaban J connectivity index is 2.15. The second kappa shape index (κ2) is 6.10. The molecule has 0 fully saturated rings. The summed E-state index contributed by atoms with van der Waals surface area (Å²) >= 11 is 1.25. The van der Waals surface area contributed by atoms with Crippen molar-refractivity contribution < 1.29 is 22.0 Å². The average molecular weight is 330 g/mol. The first-order valence-electron chi connectivity index (χ1n) is 5.48. The van der Waals surface area contributed by atoms with E-state index < -0.39 is 32.5 Å². The largest absolute Gasteiger partial charge is 0.269 e. The van der Waals surface area contributed by atoms with E-state index in [-0.39, 0.29) is 0 Å². The van der Waals surface area contributed by atoms with Gasteiger partial charge in [0.1, 0.15) is 21.5 Å². The zero-order chi connectivity index (χ0) is 15.5. The molecule has 21 heavy (non-hydrogen) atoms. The normalized spacial score (nSPS) is 11.7. The van der Waals surface area contributed by atoms with Crippen LogP contribution in [0.1, 0.15) is 5.01 Å². The van der Waals surface area contributed by atoms with Gasteiger partial charge < -0.3 is 0 Å². The number of thiazole rings is 1. The Kier molecular flexibility index (Phi) is 4.43. The van der Waals surface area contributed by atoms with Crippen molar-refractivity contribution in [2.75, 3.05) is 0 Å². The molecule has 0 bridgehead atoms. The van der Waals surface area contributed by atoms with Crippen molar-refractivity contribution in [3.8, 4) is 0 Å². The first-order valence-corrected chi connectivity index (χ1v) is 7.84. The number of halogens is 2. The van der Waals surface area contributed by atoms with Crippen LogP contribution in [0.3, 0.4) is 0 Å². The molecule has 0 saturated carbocycles.